The Kier molecular flexibility index (Phi) is 8.26. The SMILES string of the molecule is C=C(C)C(=O)OC[SiH2]CCC(OC)OC. The van der Waals surface area contributed by atoms with Crippen LogP contribution in [0, 0.1) is 0 Å². The molecular weight excluding hydrogens is 212 g/mol. The van der Waals surface area contributed by atoms with Crippen molar-refractivity contribution in [3.8, 4) is 0 Å². The van der Waals surface area contributed by atoms with Crippen LogP contribution in [0.2, 0.25) is 6.04 Å². The Morgan fingerprint density at radius 2 is 2.00 bits per heavy atom. The fourth-order valence-electron chi connectivity index (χ4n) is 1.03. The number of methoxy groups -OCH3 is 2. The zero-order valence-corrected chi connectivity index (χ0v) is 11.2. The summed E-state index contributed by atoms with van der Waals surface area (Å²) in [4.78, 5) is 11.0. The lowest BCUT2D eigenvalue weighted by Crippen LogP contribution is -2.16. The molecule has 0 aliphatic rings. The summed E-state index contributed by atoms with van der Waals surface area (Å²) in [7, 11) is 2.87. The number of ether oxygens (including phenoxy) is 3. The second-order valence-corrected chi connectivity index (χ2v) is 5.14. The first-order valence-electron chi connectivity index (χ1n) is 5.00. The maximum Gasteiger partial charge on any atom is 0.332 e. The van der Waals surface area contributed by atoms with Gasteiger partial charge in [-0.15, -0.1) is 0 Å². The highest BCUT2D eigenvalue weighted by molar-refractivity contribution is 6.35. The van der Waals surface area contributed by atoms with Gasteiger partial charge in [-0.1, -0.05) is 12.6 Å². The summed E-state index contributed by atoms with van der Waals surface area (Å²) >= 11 is 0. The summed E-state index contributed by atoms with van der Waals surface area (Å²) in [5.74, 6) is -0.294. The molecule has 0 bridgehead atoms. The van der Waals surface area contributed by atoms with E-state index >= 15 is 0 Å². The van der Waals surface area contributed by atoms with Gasteiger partial charge in [-0.25, -0.2) is 4.79 Å². The van der Waals surface area contributed by atoms with Crippen molar-refractivity contribution in [2.24, 2.45) is 0 Å². The molecule has 0 fully saturated rings. The van der Waals surface area contributed by atoms with Gasteiger partial charge in [-0.2, -0.15) is 0 Å². The molecule has 0 aliphatic carbocycles. The summed E-state index contributed by atoms with van der Waals surface area (Å²) < 4.78 is 15.1. The average Bonchev–Trinajstić information content (AvgIpc) is 2.23. The van der Waals surface area contributed by atoms with Gasteiger partial charge in [0.05, 0.1) is 15.7 Å². The molecule has 0 unspecified atom stereocenters. The van der Waals surface area contributed by atoms with Crippen LogP contribution in [0.25, 0.3) is 0 Å². The third-order valence-electron chi connectivity index (χ3n) is 1.94. The Morgan fingerprint density at radius 3 is 2.47 bits per heavy atom. The molecule has 0 saturated carbocycles. The van der Waals surface area contributed by atoms with Crippen molar-refractivity contribution in [2.75, 3.05) is 20.4 Å². The first kappa shape index (κ1) is 14.3. The van der Waals surface area contributed by atoms with Crippen molar-refractivity contribution in [2.45, 2.75) is 25.7 Å². The molecule has 0 radical (unpaired) electrons. The first-order chi connectivity index (χ1) is 7.11. The molecule has 0 aromatic rings. The highest BCUT2D eigenvalue weighted by Gasteiger charge is 2.06. The lowest BCUT2D eigenvalue weighted by atomic mass is 10.4. The third-order valence-corrected chi connectivity index (χ3v) is 3.34. The topological polar surface area (TPSA) is 44.8 Å². The Bertz CT molecular complexity index is 202. The normalized spacial score (nSPS) is 11.2. The predicted molar refractivity (Wildman–Crippen MR) is 61.5 cm³/mol. The molecule has 0 rings (SSSR count). The van der Waals surface area contributed by atoms with E-state index in [0.717, 1.165) is 12.5 Å². The van der Waals surface area contributed by atoms with Crippen molar-refractivity contribution >= 4 is 15.5 Å². The lowest BCUT2D eigenvalue weighted by Gasteiger charge is -2.12. The second kappa shape index (κ2) is 8.64. The van der Waals surface area contributed by atoms with Crippen LogP contribution in [-0.2, 0) is 19.0 Å². The van der Waals surface area contributed by atoms with E-state index in [1.165, 1.54) is 0 Å². The van der Waals surface area contributed by atoms with Gasteiger partial charge in [0.1, 0.15) is 0 Å². The van der Waals surface area contributed by atoms with Crippen LogP contribution in [-0.4, -0.2) is 42.2 Å². The van der Waals surface area contributed by atoms with Gasteiger partial charge in [0.2, 0.25) is 0 Å². The van der Waals surface area contributed by atoms with E-state index in [4.69, 9.17) is 14.2 Å². The highest BCUT2D eigenvalue weighted by Crippen LogP contribution is 2.02. The molecule has 0 amide bonds. The number of rotatable bonds is 8. The summed E-state index contributed by atoms with van der Waals surface area (Å²) in [6, 6.07) is 1.04. The number of carbonyl (C=O) groups excluding carboxylic acids is 1. The molecule has 0 atom stereocenters. The van der Waals surface area contributed by atoms with Gasteiger partial charge < -0.3 is 14.2 Å². The van der Waals surface area contributed by atoms with E-state index in [1.54, 1.807) is 21.1 Å². The molecule has 0 spiro atoms. The van der Waals surface area contributed by atoms with Crippen molar-refractivity contribution in [1.82, 2.24) is 0 Å². The van der Waals surface area contributed by atoms with Gasteiger partial charge in [0, 0.05) is 19.8 Å². The van der Waals surface area contributed by atoms with Gasteiger partial charge in [0.15, 0.2) is 6.29 Å². The number of esters is 1. The summed E-state index contributed by atoms with van der Waals surface area (Å²) in [6.45, 7) is 5.16. The molecule has 88 valence electrons. The smallest absolute Gasteiger partial charge is 0.332 e. The Morgan fingerprint density at radius 1 is 1.40 bits per heavy atom. The minimum atomic E-state index is -0.369. The number of hydrogen-bond donors (Lipinski definition) is 0. The van der Waals surface area contributed by atoms with Crippen LogP contribution in [0.4, 0.5) is 0 Å². The zero-order chi connectivity index (χ0) is 11.7. The monoisotopic (exact) mass is 232 g/mol. The molecule has 5 heteroatoms. The standard InChI is InChI=1S/C10H20O4Si/c1-8(2)10(11)14-7-15-6-5-9(12-3)13-4/h9H,1,5-7,15H2,2-4H3. The van der Waals surface area contributed by atoms with Crippen molar-refractivity contribution in [1.29, 1.82) is 0 Å². The van der Waals surface area contributed by atoms with Crippen LogP contribution in [0.15, 0.2) is 12.2 Å². The van der Waals surface area contributed by atoms with Crippen LogP contribution in [0.5, 0.6) is 0 Å². The average molecular weight is 232 g/mol. The van der Waals surface area contributed by atoms with Crippen molar-refractivity contribution < 1.29 is 19.0 Å². The first-order valence-corrected chi connectivity index (χ1v) is 7.00. The fourth-order valence-corrected chi connectivity index (χ4v) is 2.19. The Balaban J connectivity index is 3.39. The fraction of sp³-hybridized carbons (Fsp3) is 0.700. The van der Waals surface area contributed by atoms with Crippen molar-refractivity contribution in [3.63, 3.8) is 0 Å². The molecule has 15 heavy (non-hydrogen) atoms. The summed E-state index contributed by atoms with van der Waals surface area (Å²) in [5, 5.41) is 0. The third kappa shape index (κ3) is 7.30. The van der Waals surface area contributed by atoms with E-state index in [2.05, 4.69) is 6.58 Å². The maximum absolute atomic E-state index is 11.0. The molecule has 0 N–H and O–H groups in total. The molecule has 0 heterocycles. The Labute approximate surface area is 93.4 Å². The minimum Gasteiger partial charge on any atom is -0.467 e. The van der Waals surface area contributed by atoms with E-state index in [9.17, 15) is 4.79 Å². The zero-order valence-electron chi connectivity index (χ0n) is 9.75. The van der Waals surface area contributed by atoms with E-state index in [1.807, 2.05) is 0 Å². The van der Waals surface area contributed by atoms with Crippen LogP contribution in [0.3, 0.4) is 0 Å². The van der Waals surface area contributed by atoms with Gasteiger partial charge in [-0.3, -0.25) is 0 Å². The number of hydrogen-bond acceptors (Lipinski definition) is 4. The minimum absolute atomic E-state index is 0.130. The van der Waals surface area contributed by atoms with Gasteiger partial charge in [-0.05, 0) is 13.3 Å². The molecular formula is C10H20O4Si. The summed E-state index contributed by atoms with van der Waals surface area (Å²) in [5.41, 5.74) is 0.454. The quantitative estimate of drug-likeness (QED) is 0.203. The van der Waals surface area contributed by atoms with Crippen LogP contribution in [0.1, 0.15) is 13.3 Å². The second-order valence-electron chi connectivity index (χ2n) is 3.31. The highest BCUT2D eigenvalue weighted by atomic mass is 28.2. The molecule has 0 saturated heterocycles. The van der Waals surface area contributed by atoms with Gasteiger partial charge in [0.25, 0.3) is 0 Å². The number of carbonyl (C=O) groups is 1. The molecule has 0 aromatic carbocycles. The predicted octanol–water partition coefficient (Wildman–Crippen LogP) is 0.659. The van der Waals surface area contributed by atoms with E-state index < -0.39 is 0 Å². The summed E-state index contributed by atoms with van der Waals surface area (Å²) in [6.07, 6.45) is 1.30. The van der Waals surface area contributed by atoms with E-state index in [-0.39, 0.29) is 21.8 Å². The molecule has 0 aromatic heterocycles. The maximum atomic E-state index is 11.0. The molecule has 4 nitrogen and oxygen atoms in total. The lowest BCUT2D eigenvalue weighted by molar-refractivity contribution is -0.137. The Hall–Kier alpha value is -0.653. The molecule has 0 aliphatic heterocycles. The van der Waals surface area contributed by atoms with Crippen molar-refractivity contribution in [3.05, 3.63) is 12.2 Å². The van der Waals surface area contributed by atoms with Crippen LogP contribution >= 0.6 is 0 Å². The van der Waals surface area contributed by atoms with Crippen LogP contribution < -0.4 is 0 Å². The van der Waals surface area contributed by atoms with E-state index in [0.29, 0.717) is 11.8 Å². The van der Waals surface area contributed by atoms with Gasteiger partial charge >= 0.3 is 5.97 Å². The largest absolute Gasteiger partial charge is 0.467 e.